The first-order valence-corrected chi connectivity index (χ1v) is 8.27. The van der Waals surface area contributed by atoms with E-state index in [1.165, 1.54) is 12.1 Å². The molecule has 0 amide bonds. The van der Waals surface area contributed by atoms with Crippen molar-refractivity contribution in [2.75, 3.05) is 6.54 Å². The molecule has 1 saturated carbocycles. The summed E-state index contributed by atoms with van der Waals surface area (Å²) in [5.74, 6) is 0.344. The lowest BCUT2D eigenvalue weighted by atomic mass is 10.2. The van der Waals surface area contributed by atoms with Gasteiger partial charge in [0.2, 0.25) is 10.0 Å². The molecule has 0 bridgehead atoms. The molecule has 2 rings (SSSR count). The second-order valence-corrected chi connectivity index (χ2v) is 7.34. The second kappa shape index (κ2) is 5.58. The van der Waals surface area contributed by atoms with Gasteiger partial charge in [-0.2, -0.15) is 0 Å². The van der Waals surface area contributed by atoms with Crippen LogP contribution in [0.1, 0.15) is 18.4 Å². The normalized spacial score (nSPS) is 17.5. The van der Waals surface area contributed by atoms with Crippen LogP contribution in [-0.2, 0) is 10.0 Å². The average molecular weight is 323 g/mol. The number of hydrogen-bond acceptors (Lipinski definition) is 3. The van der Waals surface area contributed by atoms with Gasteiger partial charge in [0.05, 0.1) is 4.90 Å². The van der Waals surface area contributed by atoms with E-state index in [1.807, 2.05) is 0 Å². The second-order valence-electron chi connectivity index (χ2n) is 4.81. The molecule has 0 heterocycles. The minimum atomic E-state index is -3.64. The molecule has 0 aromatic heterocycles. The van der Waals surface area contributed by atoms with Gasteiger partial charge in [-0.1, -0.05) is 23.2 Å². The van der Waals surface area contributed by atoms with Gasteiger partial charge in [-0.05, 0) is 43.4 Å². The first-order chi connectivity index (χ1) is 8.85. The Bertz CT molecular complexity index is 562. The van der Waals surface area contributed by atoms with Gasteiger partial charge in [0.15, 0.2) is 0 Å². The topological polar surface area (TPSA) is 72.2 Å². The molecule has 106 valence electrons. The maximum absolute atomic E-state index is 12.3. The number of rotatable bonds is 5. The third-order valence-electron chi connectivity index (χ3n) is 3.32. The van der Waals surface area contributed by atoms with Crippen LogP contribution in [0.5, 0.6) is 0 Å². The van der Waals surface area contributed by atoms with Crippen molar-refractivity contribution in [1.29, 1.82) is 0 Å². The SMILES string of the molecule is Cc1c(Cl)cc(S(=O)(=O)NC(CN)C2CC2)cc1Cl. The van der Waals surface area contributed by atoms with Crippen LogP contribution in [0.3, 0.4) is 0 Å². The quantitative estimate of drug-likeness (QED) is 0.873. The highest BCUT2D eigenvalue weighted by Gasteiger charge is 2.33. The Balaban J connectivity index is 2.28. The number of nitrogens with one attached hydrogen (secondary N) is 1. The maximum atomic E-state index is 12.3. The fraction of sp³-hybridized carbons (Fsp3) is 0.500. The van der Waals surface area contributed by atoms with Crippen molar-refractivity contribution in [1.82, 2.24) is 4.72 Å². The van der Waals surface area contributed by atoms with Crippen molar-refractivity contribution < 1.29 is 8.42 Å². The van der Waals surface area contributed by atoms with E-state index in [0.717, 1.165) is 12.8 Å². The van der Waals surface area contributed by atoms with E-state index in [1.54, 1.807) is 6.92 Å². The highest BCUT2D eigenvalue weighted by molar-refractivity contribution is 7.89. The molecular formula is C12H16Cl2N2O2S. The van der Waals surface area contributed by atoms with Crippen LogP contribution < -0.4 is 10.5 Å². The zero-order valence-corrected chi connectivity index (χ0v) is 12.8. The average Bonchev–Trinajstić information content (AvgIpc) is 3.16. The van der Waals surface area contributed by atoms with Crippen LogP contribution >= 0.6 is 23.2 Å². The Morgan fingerprint density at radius 2 is 1.89 bits per heavy atom. The minimum absolute atomic E-state index is 0.0761. The molecule has 7 heteroatoms. The predicted octanol–water partition coefficient (Wildman–Crippen LogP) is 2.32. The minimum Gasteiger partial charge on any atom is -0.329 e. The number of sulfonamides is 1. The number of hydrogen-bond donors (Lipinski definition) is 2. The third kappa shape index (κ3) is 3.41. The first-order valence-electron chi connectivity index (χ1n) is 6.03. The number of benzene rings is 1. The molecule has 1 aliphatic rings. The smallest absolute Gasteiger partial charge is 0.240 e. The molecule has 4 nitrogen and oxygen atoms in total. The molecule has 0 spiro atoms. The van der Waals surface area contributed by atoms with E-state index >= 15 is 0 Å². The Labute approximate surface area is 123 Å². The molecule has 0 radical (unpaired) electrons. The number of nitrogens with two attached hydrogens (primary N) is 1. The van der Waals surface area contributed by atoms with E-state index in [0.29, 0.717) is 21.5 Å². The Morgan fingerprint density at radius 1 is 1.37 bits per heavy atom. The summed E-state index contributed by atoms with van der Waals surface area (Å²) in [6.45, 7) is 2.03. The van der Waals surface area contributed by atoms with E-state index in [4.69, 9.17) is 28.9 Å². The van der Waals surface area contributed by atoms with Crippen molar-refractivity contribution in [2.45, 2.75) is 30.7 Å². The van der Waals surface area contributed by atoms with Crippen LogP contribution in [0.25, 0.3) is 0 Å². The molecule has 1 fully saturated rings. The van der Waals surface area contributed by atoms with Gasteiger partial charge in [0.1, 0.15) is 0 Å². The fourth-order valence-electron chi connectivity index (χ4n) is 1.88. The maximum Gasteiger partial charge on any atom is 0.240 e. The van der Waals surface area contributed by atoms with Crippen LogP contribution in [0.2, 0.25) is 10.0 Å². The van der Waals surface area contributed by atoms with Gasteiger partial charge >= 0.3 is 0 Å². The standard InChI is InChI=1S/C12H16Cl2N2O2S/c1-7-10(13)4-9(5-11(7)14)19(17,18)16-12(6-15)8-2-3-8/h4-5,8,12,16H,2-3,6,15H2,1H3. The van der Waals surface area contributed by atoms with Gasteiger partial charge in [-0.3, -0.25) is 0 Å². The van der Waals surface area contributed by atoms with Gasteiger partial charge in [0.25, 0.3) is 0 Å². The zero-order valence-electron chi connectivity index (χ0n) is 10.5. The lowest BCUT2D eigenvalue weighted by molar-refractivity contribution is 0.519. The van der Waals surface area contributed by atoms with Crippen LogP contribution in [0.4, 0.5) is 0 Å². The summed E-state index contributed by atoms with van der Waals surface area (Å²) in [5.41, 5.74) is 6.27. The van der Waals surface area contributed by atoms with Gasteiger partial charge in [0, 0.05) is 22.6 Å². The van der Waals surface area contributed by atoms with Gasteiger partial charge in [-0.15, -0.1) is 0 Å². The molecule has 1 atom stereocenters. The molecule has 1 unspecified atom stereocenters. The zero-order chi connectivity index (χ0) is 14.2. The summed E-state index contributed by atoms with van der Waals surface area (Å²) in [6, 6.07) is 2.60. The summed E-state index contributed by atoms with van der Waals surface area (Å²) in [6.07, 6.45) is 2.03. The Morgan fingerprint density at radius 3 is 2.32 bits per heavy atom. The van der Waals surface area contributed by atoms with E-state index in [-0.39, 0.29) is 17.5 Å². The molecule has 0 saturated heterocycles. The monoisotopic (exact) mass is 322 g/mol. The fourth-order valence-corrected chi connectivity index (χ4v) is 3.87. The third-order valence-corrected chi connectivity index (χ3v) is 5.57. The largest absolute Gasteiger partial charge is 0.329 e. The van der Waals surface area contributed by atoms with E-state index in [9.17, 15) is 8.42 Å². The lowest BCUT2D eigenvalue weighted by Crippen LogP contribution is -2.41. The summed E-state index contributed by atoms with van der Waals surface area (Å²) in [7, 11) is -3.64. The highest BCUT2D eigenvalue weighted by atomic mass is 35.5. The molecule has 1 aliphatic carbocycles. The van der Waals surface area contributed by atoms with Crippen LogP contribution in [0, 0.1) is 12.8 Å². The van der Waals surface area contributed by atoms with Crippen molar-refractivity contribution in [3.8, 4) is 0 Å². The van der Waals surface area contributed by atoms with Gasteiger partial charge < -0.3 is 5.73 Å². The lowest BCUT2D eigenvalue weighted by Gasteiger charge is -2.16. The summed E-state index contributed by atoms with van der Waals surface area (Å²) in [5, 5.41) is 0.673. The predicted molar refractivity (Wildman–Crippen MR) is 77.1 cm³/mol. The Hall–Kier alpha value is -0.330. The van der Waals surface area contributed by atoms with Crippen LogP contribution in [-0.4, -0.2) is 21.0 Å². The molecule has 1 aromatic rings. The van der Waals surface area contributed by atoms with Crippen molar-refractivity contribution >= 4 is 33.2 Å². The van der Waals surface area contributed by atoms with Crippen molar-refractivity contribution in [3.63, 3.8) is 0 Å². The van der Waals surface area contributed by atoms with E-state index in [2.05, 4.69) is 4.72 Å². The molecule has 1 aromatic carbocycles. The summed E-state index contributed by atoms with van der Waals surface area (Å²) < 4.78 is 27.2. The van der Waals surface area contributed by atoms with Crippen LogP contribution in [0.15, 0.2) is 17.0 Å². The first kappa shape index (κ1) is 15.1. The van der Waals surface area contributed by atoms with Gasteiger partial charge in [-0.25, -0.2) is 13.1 Å². The molecule has 0 aliphatic heterocycles. The van der Waals surface area contributed by atoms with E-state index < -0.39 is 10.0 Å². The molecule has 3 N–H and O–H groups in total. The Kier molecular flexibility index (Phi) is 4.42. The molecule has 19 heavy (non-hydrogen) atoms. The molecular weight excluding hydrogens is 307 g/mol. The number of halogens is 2. The van der Waals surface area contributed by atoms with Crippen molar-refractivity contribution in [2.24, 2.45) is 11.7 Å². The van der Waals surface area contributed by atoms with Crippen molar-refractivity contribution in [3.05, 3.63) is 27.7 Å². The highest BCUT2D eigenvalue weighted by Crippen LogP contribution is 2.33. The summed E-state index contributed by atoms with van der Waals surface area (Å²) in [4.78, 5) is 0.0761. The summed E-state index contributed by atoms with van der Waals surface area (Å²) >= 11 is 11.9.